The van der Waals surface area contributed by atoms with E-state index in [1.165, 1.54) is 0 Å². The summed E-state index contributed by atoms with van der Waals surface area (Å²) in [6.07, 6.45) is -0.165. The number of thiophene rings is 1. The lowest BCUT2D eigenvalue weighted by Crippen LogP contribution is -2.36. The highest BCUT2D eigenvalue weighted by molar-refractivity contribution is 7.10. The molecule has 1 fully saturated rings. The van der Waals surface area contributed by atoms with Crippen LogP contribution in [0.25, 0.3) is 0 Å². The van der Waals surface area contributed by atoms with Gasteiger partial charge in [-0.3, -0.25) is 4.79 Å². The summed E-state index contributed by atoms with van der Waals surface area (Å²) in [7, 11) is 0. The van der Waals surface area contributed by atoms with Crippen molar-refractivity contribution in [1.82, 2.24) is 10.2 Å². The summed E-state index contributed by atoms with van der Waals surface area (Å²) in [6.45, 7) is 4.80. The molecule has 2 amide bonds. The monoisotopic (exact) mass is 282 g/mol. The van der Waals surface area contributed by atoms with E-state index in [0.717, 1.165) is 4.88 Å². The zero-order valence-electron chi connectivity index (χ0n) is 11.1. The van der Waals surface area contributed by atoms with Crippen molar-refractivity contribution in [2.24, 2.45) is 0 Å². The van der Waals surface area contributed by atoms with E-state index in [2.05, 4.69) is 5.32 Å². The molecule has 1 N–H and O–H groups in total. The van der Waals surface area contributed by atoms with Gasteiger partial charge in [0.05, 0.1) is 19.5 Å². The number of cyclic esters (lactones) is 1. The Morgan fingerprint density at radius 3 is 3.00 bits per heavy atom. The van der Waals surface area contributed by atoms with Gasteiger partial charge in [0.15, 0.2) is 0 Å². The van der Waals surface area contributed by atoms with E-state index in [-0.39, 0.29) is 24.1 Å². The zero-order chi connectivity index (χ0) is 13.8. The summed E-state index contributed by atoms with van der Waals surface area (Å²) < 4.78 is 5.20. The van der Waals surface area contributed by atoms with Gasteiger partial charge < -0.3 is 15.0 Å². The van der Waals surface area contributed by atoms with Crippen LogP contribution in [0.3, 0.4) is 0 Å². The van der Waals surface area contributed by atoms with Crippen LogP contribution in [0.4, 0.5) is 4.79 Å². The third-order valence-corrected chi connectivity index (χ3v) is 3.84. The van der Waals surface area contributed by atoms with Gasteiger partial charge in [0.1, 0.15) is 6.10 Å². The average molecular weight is 282 g/mol. The number of hydrogen-bond donors (Lipinski definition) is 1. The van der Waals surface area contributed by atoms with Gasteiger partial charge in [-0.2, -0.15) is 0 Å². The molecule has 1 saturated heterocycles. The molecule has 0 aliphatic carbocycles. The van der Waals surface area contributed by atoms with E-state index in [4.69, 9.17) is 4.74 Å². The molecular formula is C13H18N2O3S. The molecule has 0 radical (unpaired) electrons. The Labute approximate surface area is 116 Å². The Balaban J connectivity index is 1.74. The predicted octanol–water partition coefficient (Wildman–Crippen LogP) is 1.64. The van der Waals surface area contributed by atoms with E-state index in [9.17, 15) is 9.59 Å². The van der Waals surface area contributed by atoms with Crippen LogP contribution in [0.15, 0.2) is 17.5 Å². The Bertz CT molecular complexity index is 445. The number of hydrogen-bond acceptors (Lipinski definition) is 4. The van der Waals surface area contributed by atoms with E-state index in [1.807, 2.05) is 31.4 Å². The average Bonchev–Trinajstić information content (AvgIpc) is 2.96. The molecule has 104 valence electrons. The summed E-state index contributed by atoms with van der Waals surface area (Å²) in [5.74, 6) is -0.0403. The molecule has 2 rings (SSSR count). The molecule has 2 heterocycles. The van der Waals surface area contributed by atoms with Crippen LogP contribution < -0.4 is 5.32 Å². The predicted molar refractivity (Wildman–Crippen MR) is 73.1 cm³/mol. The molecule has 1 aliphatic rings. The van der Waals surface area contributed by atoms with Gasteiger partial charge in [0, 0.05) is 10.9 Å². The first-order valence-corrected chi connectivity index (χ1v) is 7.20. The molecule has 1 aliphatic heterocycles. The number of ether oxygens (including phenoxy) is 1. The van der Waals surface area contributed by atoms with Gasteiger partial charge in [0.2, 0.25) is 5.91 Å². The Morgan fingerprint density at radius 1 is 1.63 bits per heavy atom. The van der Waals surface area contributed by atoms with Crippen molar-refractivity contribution in [1.29, 1.82) is 0 Å². The molecular weight excluding hydrogens is 264 g/mol. The third kappa shape index (κ3) is 3.70. The minimum Gasteiger partial charge on any atom is -0.442 e. The number of carbonyl (C=O) groups is 2. The number of nitrogens with one attached hydrogen (secondary N) is 1. The van der Waals surface area contributed by atoms with Crippen molar-refractivity contribution in [2.45, 2.75) is 32.4 Å². The minimum absolute atomic E-state index is 0.0403. The molecule has 5 nitrogen and oxygen atoms in total. The number of carbonyl (C=O) groups excluding carboxylic acids is 2. The largest absolute Gasteiger partial charge is 0.442 e. The fraction of sp³-hybridized carbons (Fsp3) is 0.538. The molecule has 0 bridgehead atoms. The van der Waals surface area contributed by atoms with Crippen molar-refractivity contribution >= 4 is 23.3 Å². The zero-order valence-corrected chi connectivity index (χ0v) is 11.9. The second kappa shape index (κ2) is 6.06. The molecule has 1 aromatic rings. The topological polar surface area (TPSA) is 58.6 Å². The summed E-state index contributed by atoms with van der Waals surface area (Å²) in [4.78, 5) is 25.9. The van der Waals surface area contributed by atoms with Crippen molar-refractivity contribution in [2.75, 3.05) is 13.1 Å². The van der Waals surface area contributed by atoms with Crippen LogP contribution in [0.5, 0.6) is 0 Å². The summed E-state index contributed by atoms with van der Waals surface area (Å²) in [6, 6.07) is 3.98. The number of amides is 2. The van der Waals surface area contributed by atoms with Crippen LogP contribution in [0, 0.1) is 0 Å². The SMILES string of the molecule is CC(C)N1CC(CNC(=O)Cc2cccs2)OC1=O. The smallest absolute Gasteiger partial charge is 0.410 e. The molecule has 6 heteroatoms. The number of rotatable bonds is 5. The van der Waals surface area contributed by atoms with Crippen molar-refractivity contribution in [3.05, 3.63) is 22.4 Å². The van der Waals surface area contributed by atoms with Gasteiger partial charge in [0.25, 0.3) is 0 Å². The second-order valence-electron chi connectivity index (χ2n) is 4.81. The van der Waals surface area contributed by atoms with Gasteiger partial charge in [-0.05, 0) is 25.3 Å². The first-order valence-electron chi connectivity index (χ1n) is 6.32. The lowest BCUT2D eigenvalue weighted by Gasteiger charge is -2.16. The molecule has 19 heavy (non-hydrogen) atoms. The fourth-order valence-corrected chi connectivity index (χ4v) is 2.63. The van der Waals surface area contributed by atoms with Crippen molar-refractivity contribution < 1.29 is 14.3 Å². The standard InChI is InChI=1S/C13H18N2O3S/c1-9(2)15-8-10(18-13(15)17)7-14-12(16)6-11-4-3-5-19-11/h3-5,9-10H,6-8H2,1-2H3,(H,14,16). The van der Waals surface area contributed by atoms with Crippen LogP contribution >= 0.6 is 11.3 Å². The molecule has 0 aromatic carbocycles. The number of nitrogens with zero attached hydrogens (tertiary/aromatic N) is 1. The molecule has 0 saturated carbocycles. The van der Waals surface area contributed by atoms with Crippen LogP contribution in [0.1, 0.15) is 18.7 Å². The molecule has 1 aromatic heterocycles. The Hall–Kier alpha value is -1.56. The fourth-order valence-electron chi connectivity index (χ4n) is 1.93. The highest BCUT2D eigenvalue weighted by atomic mass is 32.1. The highest BCUT2D eigenvalue weighted by Gasteiger charge is 2.32. The van der Waals surface area contributed by atoms with E-state index < -0.39 is 0 Å². The maximum atomic E-state index is 11.7. The normalized spacial score (nSPS) is 18.8. The second-order valence-corrected chi connectivity index (χ2v) is 5.84. The maximum absolute atomic E-state index is 11.7. The third-order valence-electron chi connectivity index (χ3n) is 2.97. The minimum atomic E-state index is -0.299. The first kappa shape index (κ1) is 13.9. The highest BCUT2D eigenvalue weighted by Crippen LogP contribution is 2.14. The summed E-state index contributed by atoms with van der Waals surface area (Å²) in [5.41, 5.74) is 0. The Kier molecular flexibility index (Phi) is 4.42. The van der Waals surface area contributed by atoms with Crippen LogP contribution in [-0.4, -0.2) is 42.1 Å². The summed E-state index contributed by atoms with van der Waals surface area (Å²) in [5, 5.41) is 4.75. The van der Waals surface area contributed by atoms with E-state index in [1.54, 1.807) is 16.2 Å². The summed E-state index contributed by atoms with van der Waals surface area (Å²) >= 11 is 1.56. The maximum Gasteiger partial charge on any atom is 0.410 e. The quantitative estimate of drug-likeness (QED) is 0.893. The van der Waals surface area contributed by atoms with Crippen LogP contribution in [-0.2, 0) is 16.0 Å². The van der Waals surface area contributed by atoms with E-state index >= 15 is 0 Å². The lowest BCUT2D eigenvalue weighted by atomic mass is 10.3. The Morgan fingerprint density at radius 2 is 2.42 bits per heavy atom. The first-order chi connectivity index (χ1) is 9.06. The van der Waals surface area contributed by atoms with Gasteiger partial charge in [-0.25, -0.2) is 4.79 Å². The lowest BCUT2D eigenvalue weighted by molar-refractivity contribution is -0.120. The molecule has 1 atom stereocenters. The molecule has 1 unspecified atom stereocenters. The van der Waals surface area contributed by atoms with Gasteiger partial charge >= 0.3 is 6.09 Å². The van der Waals surface area contributed by atoms with Crippen molar-refractivity contribution in [3.63, 3.8) is 0 Å². The molecule has 0 spiro atoms. The van der Waals surface area contributed by atoms with Crippen molar-refractivity contribution in [3.8, 4) is 0 Å². The van der Waals surface area contributed by atoms with Gasteiger partial charge in [-0.1, -0.05) is 6.07 Å². The van der Waals surface area contributed by atoms with Gasteiger partial charge in [-0.15, -0.1) is 11.3 Å². The van der Waals surface area contributed by atoms with Crippen LogP contribution in [0.2, 0.25) is 0 Å². The van der Waals surface area contributed by atoms with E-state index in [0.29, 0.717) is 19.5 Å².